The van der Waals surface area contributed by atoms with Crippen LogP contribution in [-0.2, 0) is 4.74 Å². The fraction of sp³-hybridized carbons (Fsp3) is 0.667. The van der Waals surface area contributed by atoms with E-state index in [4.69, 9.17) is 4.74 Å². The Morgan fingerprint density at radius 2 is 1.94 bits per heavy atom. The average molecular weight is 221 g/mol. The van der Waals surface area contributed by atoms with E-state index in [9.17, 15) is 0 Å². The summed E-state index contributed by atoms with van der Waals surface area (Å²) in [7, 11) is 0. The lowest BCUT2D eigenvalue weighted by molar-refractivity contribution is 0.152. The summed E-state index contributed by atoms with van der Waals surface area (Å²) < 4.78 is 5.43. The molecule has 0 amide bonds. The van der Waals surface area contributed by atoms with Crippen molar-refractivity contribution < 1.29 is 4.74 Å². The number of rotatable bonds is 2. The Balaban J connectivity index is 2.07. The van der Waals surface area contributed by atoms with Gasteiger partial charge in [0.25, 0.3) is 0 Å². The lowest BCUT2D eigenvalue weighted by Crippen LogP contribution is -2.26. The molecule has 0 spiro atoms. The maximum absolute atomic E-state index is 5.43. The molecule has 4 heteroatoms. The third-order valence-corrected chi connectivity index (χ3v) is 2.76. The molecule has 0 aliphatic carbocycles. The molecular formula is C12H19N3O. The van der Waals surface area contributed by atoms with Crippen molar-refractivity contribution in [1.82, 2.24) is 9.97 Å². The largest absolute Gasteiger partial charge is 0.380 e. The van der Waals surface area contributed by atoms with E-state index in [-0.39, 0.29) is 0 Å². The lowest BCUT2D eigenvalue weighted by atomic mass is 10.2. The lowest BCUT2D eigenvalue weighted by Gasteiger charge is -2.21. The summed E-state index contributed by atoms with van der Waals surface area (Å²) in [5.74, 6) is 1.30. The van der Waals surface area contributed by atoms with Crippen LogP contribution < -0.4 is 4.90 Å². The van der Waals surface area contributed by atoms with E-state index < -0.39 is 0 Å². The van der Waals surface area contributed by atoms with Crippen LogP contribution in [0.15, 0.2) is 12.4 Å². The first kappa shape index (κ1) is 11.3. The molecule has 0 saturated carbocycles. The molecule has 2 rings (SSSR count). The van der Waals surface area contributed by atoms with Crippen LogP contribution >= 0.6 is 0 Å². The van der Waals surface area contributed by atoms with Crippen LogP contribution in [0.3, 0.4) is 0 Å². The summed E-state index contributed by atoms with van der Waals surface area (Å²) in [6, 6.07) is 0. The Morgan fingerprint density at radius 3 is 2.62 bits per heavy atom. The minimum Gasteiger partial charge on any atom is -0.380 e. The summed E-state index contributed by atoms with van der Waals surface area (Å²) in [5, 5.41) is 0. The Hall–Kier alpha value is -1.16. The maximum atomic E-state index is 5.43. The zero-order chi connectivity index (χ0) is 11.4. The minimum atomic E-state index is 0.390. The van der Waals surface area contributed by atoms with Gasteiger partial charge in [0.05, 0.1) is 24.7 Å². The van der Waals surface area contributed by atoms with E-state index in [1.54, 1.807) is 0 Å². The number of aromatic nitrogens is 2. The van der Waals surface area contributed by atoms with Crippen LogP contribution in [0.1, 0.15) is 32.0 Å². The van der Waals surface area contributed by atoms with Crippen molar-refractivity contribution in [3.63, 3.8) is 0 Å². The first-order chi connectivity index (χ1) is 7.77. The van der Waals surface area contributed by atoms with E-state index in [0.717, 1.165) is 44.2 Å². The summed E-state index contributed by atoms with van der Waals surface area (Å²) in [6.45, 7) is 7.84. The van der Waals surface area contributed by atoms with Crippen LogP contribution in [0, 0.1) is 0 Å². The quantitative estimate of drug-likeness (QED) is 0.763. The van der Waals surface area contributed by atoms with Crippen molar-refractivity contribution in [2.24, 2.45) is 0 Å². The van der Waals surface area contributed by atoms with Crippen LogP contribution in [0.4, 0.5) is 5.69 Å². The van der Waals surface area contributed by atoms with Crippen molar-refractivity contribution in [1.29, 1.82) is 0 Å². The first-order valence-corrected chi connectivity index (χ1v) is 5.92. The second-order valence-electron chi connectivity index (χ2n) is 4.41. The van der Waals surface area contributed by atoms with Gasteiger partial charge >= 0.3 is 0 Å². The zero-order valence-electron chi connectivity index (χ0n) is 10.0. The molecule has 1 aromatic heterocycles. The summed E-state index contributed by atoms with van der Waals surface area (Å²) in [5.41, 5.74) is 1.11. The molecular weight excluding hydrogens is 202 g/mol. The molecule has 1 aliphatic heterocycles. The molecule has 1 aliphatic rings. The molecule has 2 heterocycles. The fourth-order valence-corrected chi connectivity index (χ4v) is 1.80. The molecule has 16 heavy (non-hydrogen) atoms. The van der Waals surface area contributed by atoms with Gasteiger partial charge in [-0.05, 0) is 6.42 Å². The van der Waals surface area contributed by atoms with E-state index in [0.29, 0.717) is 5.92 Å². The van der Waals surface area contributed by atoms with E-state index in [1.807, 2.05) is 12.4 Å². The SMILES string of the molecule is CC(C)c1ncc(N2CCCOCC2)cn1. The van der Waals surface area contributed by atoms with Crippen molar-refractivity contribution in [3.8, 4) is 0 Å². The van der Waals surface area contributed by atoms with Crippen molar-refractivity contribution >= 4 is 5.69 Å². The monoisotopic (exact) mass is 221 g/mol. The van der Waals surface area contributed by atoms with Gasteiger partial charge in [0.15, 0.2) is 0 Å². The molecule has 1 fully saturated rings. The van der Waals surface area contributed by atoms with Gasteiger partial charge in [0, 0.05) is 25.6 Å². The third kappa shape index (κ3) is 2.70. The van der Waals surface area contributed by atoms with Crippen LogP contribution in [0.5, 0.6) is 0 Å². The zero-order valence-corrected chi connectivity index (χ0v) is 10.0. The summed E-state index contributed by atoms with van der Waals surface area (Å²) in [6.07, 6.45) is 4.92. The van der Waals surface area contributed by atoms with Crippen molar-refractivity contribution in [2.75, 3.05) is 31.2 Å². The summed E-state index contributed by atoms with van der Waals surface area (Å²) in [4.78, 5) is 11.1. The van der Waals surface area contributed by atoms with Gasteiger partial charge in [-0.2, -0.15) is 0 Å². The highest BCUT2D eigenvalue weighted by Gasteiger charge is 2.11. The van der Waals surface area contributed by atoms with Crippen LogP contribution in [-0.4, -0.2) is 36.3 Å². The summed E-state index contributed by atoms with van der Waals surface area (Å²) >= 11 is 0. The van der Waals surface area contributed by atoms with E-state index in [1.165, 1.54) is 0 Å². The van der Waals surface area contributed by atoms with Crippen LogP contribution in [0.2, 0.25) is 0 Å². The number of hydrogen-bond acceptors (Lipinski definition) is 4. The molecule has 1 saturated heterocycles. The molecule has 1 aromatic rings. The van der Waals surface area contributed by atoms with Gasteiger partial charge in [0.2, 0.25) is 0 Å². The number of anilines is 1. The Kier molecular flexibility index (Phi) is 3.72. The Labute approximate surface area is 96.7 Å². The second-order valence-corrected chi connectivity index (χ2v) is 4.41. The number of ether oxygens (including phenoxy) is 1. The molecule has 0 radical (unpaired) electrons. The van der Waals surface area contributed by atoms with Gasteiger partial charge in [-0.3, -0.25) is 0 Å². The van der Waals surface area contributed by atoms with Crippen molar-refractivity contribution in [2.45, 2.75) is 26.2 Å². The molecule has 0 bridgehead atoms. The maximum Gasteiger partial charge on any atom is 0.130 e. The number of hydrogen-bond donors (Lipinski definition) is 0. The molecule has 0 N–H and O–H groups in total. The van der Waals surface area contributed by atoms with Gasteiger partial charge in [-0.25, -0.2) is 9.97 Å². The normalized spacial score (nSPS) is 17.6. The van der Waals surface area contributed by atoms with Gasteiger partial charge < -0.3 is 9.64 Å². The van der Waals surface area contributed by atoms with Crippen molar-refractivity contribution in [3.05, 3.63) is 18.2 Å². The topological polar surface area (TPSA) is 38.2 Å². The average Bonchev–Trinajstić information content (AvgIpc) is 2.57. The Bertz CT molecular complexity index is 316. The van der Waals surface area contributed by atoms with E-state index >= 15 is 0 Å². The fourth-order valence-electron chi connectivity index (χ4n) is 1.80. The highest BCUT2D eigenvalue weighted by molar-refractivity contribution is 5.42. The van der Waals surface area contributed by atoms with Crippen LogP contribution in [0.25, 0.3) is 0 Å². The standard InChI is InChI=1S/C12H19N3O/c1-10(2)12-13-8-11(9-14-12)15-4-3-6-16-7-5-15/h8-10H,3-7H2,1-2H3. The molecule has 0 aromatic carbocycles. The molecule has 0 atom stereocenters. The van der Waals surface area contributed by atoms with Gasteiger partial charge in [0.1, 0.15) is 5.82 Å². The molecule has 4 nitrogen and oxygen atoms in total. The van der Waals surface area contributed by atoms with Gasteiger partial charge in [-0.15, -0.1) is 0 Å². The highest BCUT2D eigenvalue weighted by Crippen LogP contribution is 2.15. The second kappa shape index (κ2) is 5.25. The molecule has 0 unspecified atom stereocenters. The predicted molar refractivity (Wildman–Crippen MR) is 63.8 cm³/mol. The van der Waals surface area contributed by atoms with E-state index in [2.05, 4.69) is 28.7 Å². The first-order valence-electron chi connectivity index (χ1n) is 5.92. The van der Waals surface area contributed by atoms with Gasteiger partial charge in [-0.1, -0.05) is 13.8 Å². The Morgan fingerprint density at radius 1 is 1.19 bits per heavy atom. The predicted octanol–water partition coefficient (Wildman–Crippen LogP) is 1.83. The number of nitrogens with zero attached hydrogens (tertiary/aromatic N) is 3. The third-order valence-electron chi connectivity index (χ3n) is 2.76. The molecule has 88 valence electrons. The smallest absolute Gasteiger partial charge is 0.130 e. The minimum absolute atomic E-state index is 0.390. The highest BCUT2D eigenvalue weighted by atomic mass is 16.5.